The van der Waals surface area contributed by atoms with Gasteiger partial charge in [0.1, 0.15) is 11.8 Å². The van der Waals surface area contributed by atoms with Crippen LogP contribution in [-0.2, 0) is 9.53 Å². The predicted octanol–water partition coefficient (Wildman–Crippen LogP) is 2.59. The first-order valence-electron chi connectivity index (χ1n) is 6.87. The molecular formula is C14H20N4O3. The number of nitrogens with one attached hydrogen (secondary N) is 1. The molecule has 1 aromatic carbocycles. The van der Waals surface area contributed by atoms with Crippen molar-refractivity contribution < 1.29 is 14.3 Å². The molecule has 21 heavy (non-hydrogen) atoms. The van der Waals surface area contributed by atoms with E-state index in [1.807, 2.05) is 25.1 Å². The van der Waals surface area contributed by atoms with Gasteiger partial charge in [-0.3, -0.25) is 0 Å². The third kappa shape index (κ3) is 5.33. The smallest absolute Gasteiger partial charge is 0.327 e. The maximum absolute atomic E-state index is 12.1. The number of azide groups is 1. The highest BCUT2D eigenvalue weighted by Gasteiger charge is 2.24. The summed E-state index contributed by atoms with van der Waals surface area (Å²) in [7, 11) is 0. The van der Waals surface area contributed by atoms with Crippen LogP contribution >= 0.6 is 0 Å². The zero-order valence-electron chi connectivity index (χ0n) is 12.3. The molecule has 0 radical (unpaired) electrons. The fourth-order valence-corrected chi connectivity index (χ4v) is 1.86. The van der Waals surface area contributed by atoms with Crippen molar-refractivity contribution >= 4 is 5.97 Å². The number of ether oxygens (including phenoxy) is 2. The van der Waals surface area contributed by atoms with Gasteiger partial charge < -0.3 is 14.8 Å². The largest absolute Gasteiger partial charge is 0.494 e. The third-order valence-corrected chi connectivity index (χ3v) is 2.68. The number of hydrogen-bond donors (Lipinski definition) is 1. The topological polar surface area (TPSA) is 96.3 Å². The Labute approximate surface area is 123 Å². The average Bonchev–Trinajstić information content (AvgIpc) is 2.49. The molecular weight excluding hydrogens is 272 g/mol. The monoisotopic (exact) mass is 292 g/mol. The number of nitrogens with zero attached hydrogens (tertiary/aromatic N) is 3. The number of esters is 1. The van der Waals surface area contributed by atoms with E-state index in [1.54, 1.807) is 13.0 Å². The van der Waals surface area contributed by atoms with Crippen LogP contribution in [0.3, 0.4) is 0 Å². The maximum atomic E-state index is 12.1. The van der Waals surface area contributed by atoms with Gasteiger partial charge in [-0.1, -0.05) is 23.3 Å². The Kier molecular flexibility index (Phi) is 7.71. The summed E-state index contributed by atoms with van der Waals surface area (Å²) in [6, 6.07) is 6.64. The van der Waals surface area contributed by atoms with E-state index in [0.717, 1.165) is 0 Å². The normalized spacial score (nSPS) is 11.3. The highest BCUT2D eigenvalue weighted by atomic mass is 16.5. The van der Waals surface area contributed by atoms with E-state index in [-0.39, 0.29) is 12.5 Å². The van der Waals surface area contributed by atoms with E-state index < -0.39 is 6.04 Å². The Morgan fingerprint density at radius 1 is 1.38 bits per heavy atom. The molecule has 0 aliphatic rings. The van der Waals surface area contributed by atoms with E-state index in [2.05, 4.69) is 15.3 Å². The number of benzene rings is 1. The van der Waals surface area contributed by atoms with Gasteiger partial charge in [-0.2, -0.15) is 0 Å². The van der Waals surface area contributed by atoms with Crippen molar-refractivity contribution in [3.05, 3.63) is 40.3 Å². The van der Waals surface area contributed by atoms with Gasteiger partial charge in [-0.25, -0.2) is 4.79 Å². The molecule has 0 aromatic heterocycles. The highest BCUT2D eigenvalue weighted by Crippen LogP contribution is 2.26. The standard InChI is InChI=1S/C14H20N4O3/c1-3-20-12-8-6-5-7-11(12)13(14(19)21-4-2)16-9-10-17-18-15/h5-8,13,16H,3-4,9-10H2,1-2H3. The van der Waals surface area contributed by atoms with Gasteiger partial charge in [0.05, 0.1) is 13.2 Å². The van der Waals surface area contributed by atoms with Crippen molar-refractivity contribution in [1.29, 1.82) is 0 Å². The molecule has 0 aliphatic carbocycles. The number of rotatable bonds is 9. The molecule has 1 atom stereocenters. The predicted molar refractivity (Wildman–Crippen MR) is 79.0 cm³/mol. The summed E-state index contributed by atoms with van der Waals surface area (Å²) in [4.78, 5) is 14.8. The molecule has 0 bridgehead atoms. The van der Waals surface area contributed by atoms with Gasteiger partial charge in [0.2, 0.25) is 0 Å². The molecule has 1 aromatic rings. The molecule has 0 heterocycles. The quantitative estimate of drug-likeness (QED) is 0.249. The second kappa shape index (κ2) is 9.63. The van der Waals surface area contributed by atoms with E-state index >= 15 is 0 Å². The van der Waals surface area contributed by atoms with Crippen molar-refractivity contribution in [2.24, 2.45) is 5.11 Å². The second-order valence-corrected chi connectivity index (χ2v) is 4.06. The zero-order valence-corrected chi connectivity index (χ0v) is 12.3. The number of carbonyl (C=O) groups is 1. The zero-order chi connectivity index (χ0) is 15.5. The van der Waals surface area contributed by atoms with Gasteiger partial charge in [-0.15, -0.1) is 0 Å². The van der Waals surface area contributed by atoms with Crippen LogP contribution in [0.5, 0.6) is 5.75 Å². The summed E-state index contributed by atoms with van der Waals surface area (Å²) >= 11 is 0. The first kappa shape index (κ1) is 16.8. The highest BCUT2D eigenvalue weighted by molar-refractivity contribution is 5.78. The van der Waals surface area contributed by atoms with Crippen molar-refractivity contribution in [3.8, 4) is 5.75 Å². The molecule has 0 spiro atoms. The Bertz CT molecular complexity index is 501. The third-order valence-electron chi connectivity index (χ3n) is 2.68. The molecule has 1 rings (SSSR count). The van der Waals surface area contributed by atoms with Crippen LogP contribution in [0, 0.1) is 0 Å². The molecule has 0 saturated carbocycles. The van der Waals surface area contributed by atoms with Gasteiger partial charge in [0.25, 0.3) is 0 Å². The molecule has 0 aliphatic heterocycles. The Morgan fingerprint density at radius 2 is 2.14 bits per heavy atom. The SMILES string of the molecule is CCOC(=O)C(NCCN=[N+]=[N-])c1ccccc1OCC. The van der Waals surface area contributed by atoms with Gasteiger partial charge in [0, 0.05) is 23.6 Å². The van der Waals surface area contributed by atoms with E-state index in [1.165, 1.54) is 0 Å². The van der Waals surface area contributed by atoms with Crippen molar-refractivity contribution in [2.75, 3.05) is 26.3 Å². The minimum absolute atomic E-state index is 0.253. The first-order valence-corrected chi connectivity index (χ1v) is 6.87. The van der Waals surface area contributed by atoms with E-state index in [9.17, 15) is 4.79 Å². The Morgan fingerprint density at radius 3 is 2.81 bits per heavy atom. The number of hydrogen-bond acceptors (Lipinski definition) is 5. The van der Waals surface area contributed by atoms with Crippen LogP contribution in [0.2, 0.25) is 0 Å². The van der Waals surface area contributed by atoms with Crippen LogP contribution in [0.4, 0.5) is 0 Å². The van der Waals surface area contributed by atoms with Crippen LogP contribution in [0.1, 0.15) is 25.5 Å². The Hall–Kier alpha value is -2.24. The molecule has 114 valence electrons. The van der Waals surface area contributed by atoms with E-state index in [4.69, 9.17) is 15.0 Å². The fraction of sp³-hybridized carbons (Fsp3) is 0.500. The molecule has 7 heteroatoms. The van der Waals surface area contributed by atoms with Crippen LogP contribution in [-0.4, -0.2) is 32.3 Å². The lowest BCUT2D eigenvalue weighted by Crippen LogP contribution is -2.32. The lowest BCUT2D eigenvalue weighted by molar-refractivity contribution is -0.145. The first-order chi connectivity index (χ1) is 10.2. The molecule has 0 amide bonds. The summed E-state index contributed by atoms with van der Waals surface area (Å²) in [5.41, 5.74) is 8.98. The molecule has 1 N–H and O–H groups in total. The summed E-state index contributed by atoms with van der Waals surface area (Å²) in [5, 5.41) is 6.47. The summed E-state index contributed by atoms with van der Waals surface area (Å²) in [5.74, 6) is 0.250. The summed E-state index contributed by atoms with van der Waals surface area (Å²) < 4.78 is 10.6. The second-order valence-electron chi connectivity index (χ2n) is 4.06. The lowest BCUT2D eigenvalue weighted by Gasteiger charge is -2.20. The molecule has 0 saturated heterocycles. The van der Waals surface area contributed by atoms with Crippen molar-refractivity contribution in [1.82, 2.24) is 5.32 Å². The van der Waals surface area contributed by atoms with Crippen molar-refractivity contribution in [2.45, 2.75) is 19.9 Å². The molecule has 0 fully saturated rings. The van der Waals surface area contributed by atoms with Crippen molar-refractivity contribution in [3.63, 3.8) is 0 Å². The van der Waals surface area contributed by atoms with Crippen LogP contribution in [0.15, 0.2) is 29.4 Å². The van der Waals surface area contributed by atoms with E-state index in [0.29, 0.717) is 31.1 Å². The molecule has 7 nitrogen and oxygen atoms in total. The maximum Gasteiger partial charge on any atom is 0.327 e. The fourth-order valence-electron chi connectivity index (χ4n) is 1.86. The lowest BCUT2D eigenvalue weighted by atomic mass is 10.1. The summed E-state index contributed by atoms with van der Waals surface area (Å²) in [6.07, 6.45) is 0. The van der Waals surface area contributed by atoms with Gasteiger partial charge >= 0.3 is 5.97 Å². The molecule has 1 unspecified atom stereocenters. The summed E-state index contributed by atoms with van der Waals surface area (Å²) in [6.45, 7) is 5.06. The van der Waals surface area contributed by atoms with Gasteiger partial charge in [0.15, 0.2) is 0 Å². The Balaban J connectivity index is 2.93. The van der Waals surface area contributed by atoms with Gasteiger partial charge in [-0.05, 0) is 25.4 Å². The minimum atomic E-state index is -0.651. The average molecular weight is 292 g/mol. The number of carbonyl (C=O) groups excluding carboxylic acids is 1. The van der Waals surface area contributed by atoms with Crippen LogP contribution in [0.25, 0.3) is 10.4 Å². The minimum Gasteiger partial charge on any atom is -0.494 e. The number of para-hydroxylation sites is 1. The van der Waals surface area contributed by atoms with Crippen LogP contribution < -0.4 is 10.1 Å².